The minimum Gasteiger partial charge on any atom is -0.423 e. The number of benzene rings is 1. The van der Waals surface area contributed by atoms with Crippen LogP contribution in [-0.2, 0) is 10.0 Å². The third-order valence-electron chi connectivity index (χ3n) is 3.87. The van der Waals surface area contributed by atoms with Crippen LogP contribution in [0, 0.1) is 5.92 Å². The number of hydrogen-bond acceptors (Lipinski definition) is 5. The zero-order valence-corrected chi connectivity index (χ0v) is 12.3. The number of nitrogens with zero attached hydrogens (tertiary/aromatic N) is 1. The standard InChI is InChI=1S/C14H16N2O4S/c1-9-7-16(8-12(9)15)21(18,19)11-3-4-13-10(6-11)2-5-14(17)20-13/h2-6,9,12H,7-8,15H2,1H3. The highest BCUT2D eigenvalue weighted by molar-refractivity contribution is 7.89. The second-order valence-electron chi connectivity index (χ2n) is 5.42. The summed E-state index contributed by atoms with van der Waals surface area (Å²) in [7, 11) is -3.57. The fourth-order valence-corrected chi connectivity index (χ4v) is 4.12. The smallest absolute Gasteiger partial charge is 0.336 e. The Labute approximate surface area is 122 Å². The molecule has 0 amide bonds. The lowest BCUT2D eigenvalue weighted by Crippen LogP contribution is -2.32. The highest BCUT2D eigenvalue weighted by Crippen LogP contribution is 2.25. The van der Waals surface area contributed by atoms with Crippen molar-refractivity contribution in [3.8, 4) is 0 Å². The first kappa shape index (κ1) is 14.2. The SMILES string of the molecule is CC1CN(S(=O)(=O)c2ccc3oc(=O)ccc3c2)CC1N. The Kier molecular flexibility index (Phi) is 3.35. The molecule has 1 fully saturated rings. The number of fused-ring (bicyclic) bond motifs is 1. The maximum Gasteiger partial charge on any atom is 0.336 e. The van der Waals surface area contributed by atoms with Gasteiger partial charge in [-0.05, 0) is 30.2 Å². The number of rotatable bonds is 2. The van der Waals surface area contributed by atoms with Crippen LogP contribution in [0.5, 0.6) is 0 Å². The van der Waals surface area contributed by atoms with E-state index in [2.05, 4.69) is 0 Å². The summed E-state index contributed by atoms with van der Waals surface area (Å²) >= 11 is 0. The summed E-state index contributed by atoms with van der Waals surface area (Å²) in [6.07, 6.45) is 0. The molecular formula is C14H16N2O4S. The van der Waals surface area contributed by atoms with Crippen LogP contribution in [0.15, 0.2) is 44.4 Å². The van der Waals surface area contributed by atoms with Gasteiger partial charge in [-0.2, -0.15) is 4.31 Å². The quantitative estimate of drug-likeness (QED) is 0.827. The molecule has 1 saturated heterocycles. The van der Waals surface area contributed by atoms with Gasteiger partial charge in [0, 0.05) is 30.6 Å². The average Bonchev–Trinajstić information content (AvgIpc) is 2.78. The second kappa shape index (κ2) is 4.94. The van der Waals surface area contributed by atoms with Crippen molar-refractivity contribution in [3.63, 3.8) is 0 Å². The van der Waals surface area contributed by atoms with E-state index < -0.39 is 15.6 Å². The van der Waals surface area contributed by atoms with E-state index in [0.717, 1.165) is 0 Å². The van der Waals surface area contributed by atoms with Crippen molar-refractivity contribution in [1.29, 1.82) is 0 Å². The van der Waals surface area contributed by atoms with E-state index in [4.69, 9.17) is 10.2 Å². The second-order valence-corrected chi connectivity index (χ2v) is 7.36. The molecule has 0 saturated carbocycles. The van der Waals surface area contributed by atoms with Gasteiger partial charge in [-0.15, -0.1) is 0 Å². The molecule has 0 radical (unpaired) electrons. The molecule has 112 valence electrons. The van der Waals surface area contributed by atoms with Gasteiger partial charge in [-0.3, -0.25) is 0 Å². The van der Waals surface area contributed by atoms with E-state index in [1.54, 1.807) is 6.07 Å². The van der Waals surface area contributed by atoms with E-state index >= 15 is 0 Å². The van der Waals surface area contributed by atoms with Crippen LogP contribution in [0.3, 0.4) is 0 Å². The summed E-state index contributed by atoms with van der Waals surface area (Å²) in [6.45, 7) is 2.69. The van der Waals surface area contributed by atoms with E-state index in [1.807, 2.05) is 6.92 Å². The van der Waals surface area contributed by atoms with Crippen molar-refractivity contribution in [3.05, 3.63) is 40.8 Å². The molecule has 0 bridgehead atoms. The molecule has 2 unspecified atom stereocenters. The van der Waals surface area contributed by atoms with Gasteiger partial charge < -0.3 is 10.2 Å². The summed E-state index contributed by atoms with van der Waals surface area (Å²) < 4.78 is 31.6. The fraction of sp³-hybridized carbons (Fsp3) is 0.357. The molecule has 0 spiro atoms. The van der Waals surface area contributed by atoms with Gasteiger partial charge >= 0.3 is 5.63 Å². The molecule has 21 heavy (non-hydrogen) atoms. The Morgan fingerprint density at radius 3 is 2.67 bits per heavy atom. The van der Waals surface area contributed by atoms with Gasteiger partial charge in [0.2, 0.25) is 10.0 Å². The van der Waals surface area contributed by atoms with Crippen molar-refractivity contribution in [2.45, 2.75) is 17.9 Å². The van der Waals surface area contributed by atoms with Gasteiger partial charge in [-0.25, -0.2) is 13.2 Å². The lowest BCUT2D eigenvalue weighted by atomic mass is 10.1. The molecule has 7 heteroatoms. The molecule has 1 aromatic carbocycles. The number of hydrogen-bond donors (Lipinski definition) is 1. The van der Waals surface area contributed by atoms with Gasteiger partial charge in [0.15, 0.2) is 0 Å². The van der Waals surface area contributed by atoms with Crippen LogP contribution < -0.4 is 11.4 Å². The van der Waals surface area contributed by atoms with Crippen LogP contribution in [-0.4, -0.2) is 31.9 Å². The number of sulfonamides is 1. The van der Waals surface area contributed by atoms with E-state index in [9.17, 15) is 13.2 Å². The molecule has 6 nitrogen and oxygen atoms in total. The molecule has 1 aliphatic heterocycles. The first-order valence-corrected chi connectivity index (χ1v) is 8.11. The van der Waals surface area contributed by atoms with E-state index in [1.165, 1.54) is 28.6 Å². The minimum absolute atomic E-state index is 0.137. The summed E-state index contributed by atoms with van der Waals surface area (Å²) in [5.41, 5.74) is 5.80. The maximum atomic E-state index is 12.6. The highest BCUT2D eigenvalue weighted by atomic mass is 32.2. The summed E-state index contributed by atoms with van der Waals surface area (Å²) in [5, 5.41) is 0.576. The van der Waals surface area contributed by atoms with Crippen molar-refractivity contribution in [2.24, 2.45) is 11.7 Å². The molecule has 2 atom stereocenters. The van der Waals surface area contributed by atoms with Crippen LogP contribution in [0.2, 0.25) is 0 Å². The molecule has 1 aromatic heterocycles. The van der Waals surface area contributed by atoms with Crippen molar-refractivity contribution < 1.29 is 12.8 Å². The van der Waals surface area contributed by atoms with Gasteiger partial charge in [-0.1, -0.05) is 6.92 Å². The molecule has 0 aliphatic carbocycles. The lowest BCUT2D eigenvalue weighted by molar-refractivity contribution is 0.464. The van der Waals surface area contributed by atoms with Crippen LogP contribution >= 0.6 is 0 Å². The summed E-state index contributed by atoms with van der Waals surface area (Å²) in [6, 6.07) is 7.16. The zero-order valence-electron chi connectivity index (χ0n) is 11.5. The molecule has 2 N–H and O–H groups in total. The van der Waals surface area contributed by atoms with Crippen LogP contribution in [0.4, 0.5) is 0 Å². The van der Waals surface area contributed by atoms with Gasteiger partial charge in [0.25, 0.3) is 0 Å². The predicted molar refractivity (Wildman–Crippen MR) is 78.4 cm³/mol. The van der Waals surface area contributed by atoms with Crippen molar-refractivity contribution in [2.75, 3.05) is 13.1 Å². The van der Waals surface area contributed by atoms with Gasteiger partial charge in [0.1, 0.15) is 5.58 Å². The Balaban J connectivity index is 2.03. The van der Waals surface area contributed by atoms with E-state index in [-0.39, 0.29) is 16.9 Å². The Bertz CT molecular complexity index is 833. The molecule has 1 aliphatic rings. The van der Waals surface area contributed by atoms with Crippen molar-refractivity contribution >= 4 is 21.0 Å². The highest BCUT2D eigenvalue weighted by Gasteiger charge is 2.35. The molecule has 2 heterocycles. The first-order chi connectivity index (χ1) is 9.88. The Hall–Kier alpha value is -1.70. The minimum atomic E-state index is -3.57. The summed E-state index contributed by atoms with van der Waals surface area (Å²) in [4.78, 5) is 11.3. The molecule has 2 aromatic rings. The normalized spacial score (nSPS) is 23.7. The first-order valence-electron chi connectivity index (χ1n) is 6.67. The number of nitrogens with two attached hydrogens (primary N) is 1. The third-order valence-corrected chi connectivity index (χ3v) is 5.69. The molecular weight excluding hydrogens is 292 g/mol. The topological polar surface area (TPSA) is 93.6 Å². The van der Waals surface area contributed by atoms with Gasteiger partial charge in [0.05, 0.1) is 4.90 Å². The third kappa shape index (κ3) is 2.48. The van der Waals surface area contributed by atoms with Crippen LogP contribution in [0.25, 0.3) is 11.0 Å². The van der Waals surface area contributed by atoms with Crippen LogP contribution in [0.1, 0.15) is 6.92 Å². The lowest BCUT2D eigenvalue weighted by Gasteiger charge is -2.16. The predicted octanol–water partition coefficient (Wildman–Crippen LogP) is 0.761. The van der Waals surface area contributed by atoms with Crippen molar-refractivity contribution in [1.82, 2.24) is 4.31 Å². The zero-order chi connectivity index (χ0) is 15.2. The summed E-state index contributed by atoms with van der Waals surface area (Å²) in [5.74, 6) is 0.137. The largest absolute Gasteiger partial charge is 0.423 e. The molecule has 3 rings (SSSR count). The Morgan fingerprint density at radius 2 is 2.00 bits per heavy atom. The van der Waals surface area contributed by atoms with E-state index in [0.29, 0.717) is 24.1 Å². The Morgan fingerprint density at radius 1 is 1.24 bits per heavy atom. The average molecular weight is 308 g/mol. The monoisotopic (exact) mass is 308 g/mol. The fourth-order valence-electron chi connectivity index (χ4n) is 2.50. The maximum absolute atomic E-state index is 12.6.